The molecule has 1 atom stereocenters. The van der Waals surface area contributed by atoms with Crippen LogP contribution in [0.4, 0.5) is 4.39 Å². The van der Waals surface area contributed by atoms with E-state index in [1.165, 1.54) is 19.2 Å². The van der Waals surface area contributed by atoms with Crippen LogP contribution >= 0.6 is 0 Å². The van der Waals surface area contributed by atoms with Crippen molar-refractivity contribution in [3.8, 4) is 5.75 Å². The standard InChI is InChI=1S/C11H13FO4S/c1-16-9-3-2-8(10(12)6-9)7-17(15)5-4-11(13)14/h2-3,6H,4-5,7H2,1H3,(H,13,14). The van der Waals surface area contributed by atoms with Crippen LogP contribution in [-0.2, 0) is 21.3 Å². The number of hydrogen-bond donors (Lipinski definition) is 1. The lowest BCUT2D eigenvalue weighted by atomic mass is 10.2. The molecule has 0 aliphatic rings. The summed E-state index contributed by atoms with van der Waals surface area (Å²) in [6.07, 6.45) is -0.176. The fourth-order valence-corrected chi connectivity index (χ4v) is 2.35. The number of hydrogen-bond acceptors (Lipinski definition) is 3. The number of carbonyl (C=O) groups is 1. The Kier molecular flexibility index (Phi) is 5.09. The maximum Gasteiger partial charge on any atom is 0.304 e. The normalized spacial score (nSPS) is 12.1. The second-order valence-corrected chi connectivity index (χ2v) is 4.97. The average Bonchev–Trinajstić information content (AvgIpc) is 2.29. The molecule has 1 unspecified atom stereocenters. The van der Waals surface area contributed by atoms with Crippen molar-refractivity contribution in [1.29, 1.82) is 0 Å². The van der Waals surface area contributed by atoms with Crippen LogP contribution in [0.2, 0.25) is 0 Å². The predicted molar refractivity (Wildman–Crippen MR) is 61.9 cm³/mol. The largest absolute Gasteiger partial charge is 0.497 e. The first kappa shape index (κ1) is 13.6. The summed E-state index contributed by atoms with van der Waals surface area (Å²) in [6, 6.07) is 4.28. The van der Waals surface area contributed by atoms with Gasteiger partial charge in [-0.1, -0.05) is 6.07 Å². The molecule has 1 aromatic carbocycles. The van der Waals surface area contributed by atoms with Gasteiger partial charge in [0.25, 0.3) is 0 Å². The topological polar surface area (TPSA) is 63.6 Å². The number of aliphatic carboxylic acids is 1. The minimum Gasteiger partial charge on any atom is -0.497 e. The quantitative estimate of drug-likeness (QED) is 0.843. The Bertz CT molecular complexity index is 433. The minimum atomic E-state index is -1.37. The lowest BCUT2D eigenvalue weighted by Gasteiger charge is -2.05. The lowest BCUT2D eigenvalue weighted by Crippen LogP contribution is -2.07. The van der Waals surface area contributed by atoms with Gasteiger partial charge in [-0.15, -0.1) is 0 Å². The maximum atomic E-state index is 13.5. The van der Waals surface area contributed by atoms with Crippen molar-refractivity contribution in [2.75, 3.05) is 12.9 Å². The average molecular weight is 260 g/mol. The number of halogens is 1. The van der Waals surface area contributed by atoms with Crippen LogP contribution in [-0.4, -0.2) is 28.1 Å². The number of ether oxygens (including phenoxy) is 1. The summed E-state index contributed by atoms with van der Waals surface area (Å²) in [5.41, 5.74) is 0.300. The second kappa shape index (κ2) is 6.34. The molecule has 17 heavy (non-hydrogen) atoms. The van der Waals surface area contributed by atoms with Gasteiger partial charge in [-0.3, -0.25) is 9.00 Å². The molecular formula is C11H13FO4S. The van der Waals surface area contributed by atoms with E-state index in [1.54, 1.807) is 6.07 Å². The second-order valence-electron chi connectivity index (χ2n) is 3.39. The number of methoxy groups -OCH3 is 1. The first-order chi connectivity index (χ1) is 8.02. The highest BCUT2D eigenvalue weighted by Crippen LogP contribution is 2.17. The van der Waals surface area contributed by atoms with Crippen LogP contribution in [0.15, 0.2) is 18.2 Å². The summed E-state index contributed by atoms with van der Waals surface area (Å²) < 4.78 is 29.8. The van der Waals surface area contributed by atoms with Crippen molar-refractivity contribution in [2.24, 2.45) is 0 Å². The molecule has 0 aromatic heterocycles. The van der Waals surface area contributed by atoms with Gasteiger partial charge < -0.3 is 9.84 Å². The summed E-state index contributed by atoms with van der Waals surface area (Å²) in [6.45, 7) is 0. The maximum absolute atomic E-state index is 13.5. The molecule has 0 heterocycles. The molecule has 4 nitrogen and oxygen atoms in total. The SMILES string of the molecule is COc1ccc(CS(=O)CCC(=O)O)c(F)c1. The van der Waals surface area contributed by atoms with Crippen molar-refractivity contribution < 1.29 is 23.2 Å². The summed E-state index contributed by atoms with van der Waals surface area (Å²) in [5.74, 6) is -1.06. The highest BCUT2D eigenvalue weighted by atomic mass is 32.2. The molecule has 0 aliphatic heterocycles. The molecule has 1 aromatic rings. The van der Waals surface area contributed by atoms with E-state index in [1.807, 2.05) is 0 Å². The van der Waals surface area contributed by atoms with Crippen molar-refractivity contribution in [2.45, 2.75) is 12.2 Å². The highest BCUT2D eigenvalue weighted by molar-refractivity contribution is 7.84. The Labute approximate surface area is 101 Å². The van der Waals surface area contributed by atoms with Crippen molar-refractivity contribution >= 4 is 16.8 Å². The molecule has 6 heteroatoms. The van der Waals surface area contributed by atoms with Gasteiger partial charge in [0.2, 0.25) is 0 Å². The third-order valence-electron chi connectivity index (χ3n) is 2.12. The minimum absolute atomic E-state index is 0.0170. The van der Waals surface area contributed by atoms with E-state index in [9.17, 15) is 13.4 Å². The monoisotopic (exact) mass is 260 g/mol. The van der Waals surface area contributed by atoms with Crippen molar-refractivity contribution in [3.05, 3.63) is 29.6 Å². The van der Waals surface area contributed by atoms with Gasteiger partial charge >= 0.3 is 5.97 Å². The van der Waals surface area contributed by atoms with E-state index in [4.69, 9.17) is 9.84 Å². The van der Waals surface area contributed by atoms with Gasteiger partial charge in [-0.2, -0.15) is 0 Å². The molecule has 0 saturated carbocycles. The summed E-state index contributed by atoms with van der Waals surface area (Å²) in [4.78, 5) is 10.3. The number of carboxylic acid groups (broad SMARTS) is 1. The highest BCUT2D eigenvalue weighted by Gasteiger charge is 2.09. The van der Waals surface area contributed by atoms with E-state index < -0.39 is 22.6 Å². The zero-order chi connectivity index (χ0) is 12.8. The number of rotatable bonds is 6. The van der Waals surface area contributed by atoms with Crippen molar-refractivity contribution in [3.63, 3.8) is 0 Å². The van der Waals surface area contributed by atoms with E-state index in [0.717, 1.165) is 0 Å². The van der Waals surface area contributed by atoms with Crippen LogP contribution in [0, 0.1) is 5.82 Å². The molecule has 0 amide bonds. The first-order valence-corrected chi connectivity index (χ1v) is 6.41. The molecule has 1 N–H and O–H groups in total. The Morgan fingerprint density at radius 2 is 2.24 bits per heavy atom. The molecule has 0 saturated heterocycles. The Hall–Kier alpha value is -1.43. The van der Waals surface area contributed by atoms with E-state index in [2.05, 4.69) is 0 Å². The molecule has 0 aliphatic carbocycles. The van der Waals surface area contributed by atoms with E-state index >= 15 is 0 Å². The van der Waals surface area contributed by atoms with Gasteiger partial charge in [-0.25, -0.2) is 4.39 Å². The molecule has 1 rings (SSSR count). The van der Waals surface area contributed by atoms with Gasteiger partial charge in [0, 0.05) is 28.2 Å². The molecule has 0 fully saturated rings. The van der Waals surface area contributed by atoms with Crippen LogP contribution in [0.5, 0.6) is 5.75 Å². The molecule has 0 radical (unpaired) electrons. The predicted octanol–water partition coefficient (Wildman–Crippen LogP) is 1.56. The van der Waals surface area contributed by atoms with Crippen LogP contribution in [0.3, 0.4) is 0 Å². The fraction of sp³-hybridized carbons (Fsp3) is 0.364. The van der Waals surface area contributed by atoms with Gasteiger partial charge in [-0.05, 0) is 6.07 Å². The Morgan fingerprint density at radius 3 is 2.76 bits per heavy atom. The molecule has 94 valence electrons. The Morgan fingerprint density at radius 1 is 1.53 bits per heavy atom. The van der Waals surface area contributed by atoms with Crippen LogP contribution in [0.25, 0.3) is 0 Å². The van der Waals surface area contributed by atoms with Gasteiger partial charge in [0.15, 0.2) is 0 Å². The van der Waals surface area contributed by atoms with Gasteiger partial charge in [0.05, 0.1) is 19.3 Å². The van der Waals surface area contributed by atoms with E-state index in [-0.39, 0.29) is 17.9 Å². The molecular weight excluding hydrogens is 247 g/mol. The zero-order valence-corrected chi connectivity index (χ0v) is 10.1. The summed E-state index contributed by atoms with van der Waals surface area (Å²) in [7, 11) is 0.0580. The third-order valence-corrected chi connectivity index (χ3v) is 3.41. The van der Waals surface area contributed by atoms with Crippen LogP contribution < -0.4 is 4.74 Å². The Balaban J connectivity index is 2.62. The summed E-state index contributed by atoms with van der Waals surface area (Å²) in [5, 5.41) is 8.43. The van der Waals surface area contributed by atoms with Gasteiger partial charge in [0.1, 0.15) is 11.6 Å². The third kappa shape index (κ3) is 4.52. The zero-order valence-electron chi connectivity index (χ0n) is 9.31. The number of carboxylic acids is 1. The smallest absolute Gasteiger partial charge is 0.304 e. The van der Waals surface area contributed by atoms with E-state index in [0.29, 0.717) is 11.3 Å². The fourth-order valence-electron chi connectivity index (χ4n) is 1.22. The van der Waals surface area contributed by atoms with Crippen LogP contribution in [0.1, 0.15) is 12.0 Å². The van der Waals surface area contributed by atoms with Crippen molar-refractivity contribution in [1.82, 2.24) is 0 Å². The number of benzene rings is 1. The molecule has 0 bridgehead atoms. The lowest BCUT2D eigenvalue weighted by molar-refractivity contribution is -0.136. The molecule has 0 spiro atoms. The first-order valence-electron chi connectivity index (χ1n) is 4.92. The summed E-state index contributed by atoms with van der Waals surface area (Å²) >= 11 is 0.